The van der Waals surface area contributed by atoms with E-state index in [1.54, 1.807) is 18.2 Å². The predicted octanol–water partition coefficient (Wildman–Crippen LogP) is -0.635. The molecule has 0 aromatic heterocycles. The fourth-order valence-electron chi connectivity index (χ4n) is 9.02. The Hall–Kier alpha value is -4.61. The molecule has 15 atom stereocenters. The number of ketones is 2. The molecule has 3 aliphatic rings. The second kappa shape index (κ2) is 31.7. The topological polar surface area (TPSA) is 376 Å². The standard InChI is InChI=1S/C52H76N2O22/c1-29(58)54-41-44(66)48(75-52-47(69)49(43(65)37(26-56)73-52)76-51-46(68)45(67)42(64)36(25-55)72-51)38(27-57)74-50(41)70-23-10-8-14-33(59)28-71-34-20-18-30(19-21-34)31-12-11-13-32(24-31)35(60)15-5-2-3-6-16-39(61)53-22-9-4-7-17-40(62)63/h11-13,18-21,24,36-38,41-52,55-57,64-69H,2-10,14-17,22-23,25-28H2,1H3,(H,53,61)(H,54,58)(H,62,63)/t36?,37?,38?,41?,42-,43-,44+,45-,46?,47?,48+,49-,50+,51+,52-/m0/s1. The molecule has 426 valence electrons. The van der Waals surface area contributed by atoms with Gasteiger partial charge in [0.25, 0.3) is 0 Å². The number of Topliss-reactive ketones (excluding diaryl/α,β-unsaturated/α-hetero) is 2. The lowest BCUT2D eigenvalue weighted by Crippen LogP contribution is -2.68. The van der Waals surface area contributed by atoms with Crippen LogP contribution in [0.2, 0.25) is 0 Å². The normalized spacial score (nSPS) is 29.6. The molecular weight excluding hydrogens is 1000 g/mol. The lowest BCUT2D eigenvalue weighted by molar-refractivity contribution is -0.376. The minimum absolute atomic E-state index is 0.0130. The van der Waals surface area contributed by atoms with Gasteiger partial charge in [-0.25, -0.2) is 0 Å². The second-order valence-electron chi connectivity index (χ2n) is 19.2. The molecule has 2 amide bonds. The molecule has 76 heavy (non-hydrogen) atoms. The summed E-state index contributed by atoms with van der Waals surface area (Å²) in [5.74, 6) is -1.15. The van der Waals surface area contributed by atoms with E-state index < -0.39 is 124 Å². The molecule has 3 aliphatic heterocycles. The molecule has 0 radical (unpaired) electrons. The number of aliphatic hydroxyl groups excluding tert-OH is 9. The molecule has 3 heterocycles. The van der Waals surface area contributed by atoms with Crippen LogP contribution in [0.4, 0.5) is 0 Å². The number of carbonyl (C=O) groups excluding carboxylic acids is 4. The molecule has 12 N–H and O–H groups in total. The average Bonchev–Trinajstić information content (AvgIpc) is 3.40. The second-order valence-corrected chi connectivity index (χ2v) is 19.2. The Morgan fingerprint density at radius 3 is 1.86 bits per heavy atom. The van der Waals surface area contributed by atoms with E-state index in [0.29, 0.717) is 56.4 Å². The van der Waals surface area contributed by atoms with E-state index in [0.717, 1.165) is 43.2 Å². The molecule has 2 aromatic carbocycles. The minimum Gasteiger partial charge on any atom is -0.486 e. The number of carboxylic acid groups (broad SMARTS) is 1. The summed E-state index contributed by atoms with van der Waals surface area (Å²) < 4.78 is 40.0. The Bertz CT molecular complexity index is 2110. The zero-order chi connectivity index (χ0) is 55.3. The van der Waals surface area contributed by atoms with E-state index in [1.165, 1.54) is 6.92 Å². The number of hydrogen-bond donors (Lipinski definition) is 12. The molecule has 6 unspecified atom stereocenters. The van der Waals surface area contributed by atoms with Crippen LogP contribution in [0.5, 0.6) is 5.75 Å². The molecule has 0 bridgehead atoms. The van der Waals surface area contributed by atoms with Crippen molar-refractivity contribution in [3.8, 4) is 16.9 Å². The highest BCUT2D eigenvalue weighted by molar-refractivity contribution is 5.97. The van der Waals surface area contributed by atoms with Crippen molar-refractivity contribution in [3.63, 3.8) is 0 Å². The van der Waals surface area contributed by atoms with Gasteiger partial charge in [0.2, 0.25) is 11.8 Å². The van der Waals surface area contributed by atoms with Crippen LogP contribution in [-0.4, -0.2) is 212 Å². The maximum Gasteiger partial charge on any atom is 0.303 e. The molecule has 0 saturated carbocycles. The van der Waals surface area contributed by atoms with Gasteiger partial charge in [0, 0.05) is 51.3 Å². The van der Waals surface area contributed by atoms with Crippen LogP contribution in [0.25, 0.3) is 11.1 Å². The molecule has 3 fully saturated rings. The Morgan fingerprint density at radius 2 is 1.18 bits per heavy atom. The minimum atomic E-state index is -1.97. The summed E-state index contributed by atoms with van der Waals surface area (Å²) in [6.45, 7) is -0.934. The highest BCUT2D eigenvalue weighted by atomic mass is 16.8. The monoisotopic (exact) mass is 1080 g/mol. The summed E-state index contributed by atoms with van der Waals surface area (Å²) in [4.78, 5) is 60.7. The van der Waals surface area contributed by atoms with Crippen LogP contribution >= 0.6 is 0 Å². The lowest BCUT2D eigenvalue weighted by atomic mass is 9.95. The summed E-state index contributed by atoms with van der Waals surface area (Å²) >= 11 is 0. The van der Waals surface area contributed by atoms with Gasteiger partial charge in [-0.1, -0.05) is 49.6 Å². The number of carbonyl (C=O) groups is 5. The van der Waals surface area contributed by atoms with Crippen molar-refractivity contribution in [1.82, 2.24) is 10.6 Å². The van der Waals surface area contributed by atoms with Crippen molar-refractivity contribution in [3.05, 3.63) is 54.1 Å². The quantitative estimate of drug-likeness (QED) is 0.0320. The van der Waals surface area contributed by atoms with Gasteiger partial charge in [-0.2, -0.15) is 0 Å². The van der Waals surface area contributed by atoms with Gasteiger partial charge in [-0.3, -0.25) is 24.0 Å². The van der Waals surface area contributed by atoms with Gasteiger partial charge in [0.05, 0.1) is 19.8 Å². The number of hydrogen-bond acceptors (Lipinski definition) is 21. The SMILES string of the molecule is CC(=O)NC1[C@H](OCCCCC(=O)COc2ccc(-c3cccc(C(=O)CCCCCCC(=O)NCCCCCC(=O)O)c3)cc2)OC(CO)[C@@H](O[C@@H]2OC(CO)[C@H](O)[C@H](O[C@H]3OC(CO)[C@H](O)[C@H](O)C3O)C2O)[C@@H]1O. The molecule has 5 rings (SSSR count). The van der Waals surface area contributed by atoms with E-state index in [2.05, 4.69) is 10.6 Å². The third kappa shape index (κ3) is 18.5. The average molecular weight is 1080 g/mol. The highest BCUT2D eigenvalue weighted by Crippen LogP contribution is 2.33. The fraction of sp³-hybridized carbons (Fsp3) is 0.673. The lowest BCUT2D eigenvalue weighted by Gasteiger charge is -2.48. The first kappa shape index (κ1) is 62.2. The van der Waals surface area contributed by atoms with E-state index in [9.17, 15) is 69.9 Å². The molecule has 0 aliphatic carbocycles. The number of ether oxygens (including phenoxy) is 7. The van der Waals surface area contributed by atoms with Crippen LogP contribution < -0.4 is 15.4 Å². The van der Waals surface area contributed by atoms with Crippen LogP contribution in [0.15, 0.2) is 48.5 Å². The number of unbranched alkanes of at least 4 members (excludes halogenated alkanes) is 6. The number of amides is 2. The van der Waals surface area contributed by atoms with Gasteiger partial charge in [-0.15, -0.1) is 0 Å². The van der Waals surface area contributed by atoms with Crippen molar-refractivity contribution in [2.24, 2.45) is 0 Å². The largest absolute Gasteiger partial charge is 0.486 e. The summed E-state index contributed by atoms with van der Waals surface area (Å²) in [6, 6.07) is 13.1. The van der Waals surface area contributed by atoms with Crippen LogP contribution in [0, 0.1) is 0 Å². The zero-order valence-electron chi connectivity index (χ0n) is 42.6. The summed E-state index contributed by atoms with van der Waals surface area (Å²) in [5.41, 5.74) is 2.28. The zero-order valence-corrected chi connectivity index (χ0v) is 42.6. The number of aliphatic carboxylic acids is 1. The number of nitrogens with one attached hydrogen (secondary N) is 2. The van der Waals surface area contributed by atoms with Crippen LogP contribution in [0.1, 0.15) is 101 Å². The van der Waals surface area contributed by atoms with Crippen molar-refractivity contribution >= 4 is 29.4 Å². The van der Waals surface area contributed by atoms with Crippen LogP contribution in [-0.2, 0) is 47.6 Å². The molecular formula is C52H76N2O22. The first-order valence-corrected chi connectivity index (χ1v) is 25.9. The Kier molecular flexibility index (Phi) is 26.0. The van der Waals surface area contributed by atoms with Crippen LogP contribution in [0.3, 0.4) is 0 Å². The van der Waals surface area contributed by atoms with Gasteiger partial charge in [0.1, 0.15) is 85.5 Å². The number of aliphatic hydroxyl groups is 9. The number of benzene rings is 2. The van der Waals surface area contributed by atoms with E-state index in [1.807, 2.05) is 30.3 Å². The molecule has 0 spiro atoms. The van der Waals surface area contributed by atoms with Gasteiger partial charge in [-0.05, 0) is 67.9 Å². The molecule has 24 heteroatoms. The smallest absolute Gasteiger partial charge is 0.303 e. The Morgan fingerprint density at radius 1 is 0.579 bits per heavy atom. The maximum absolute atomic E-state index is 13.0. The summed E-state index contributed by atoms with van der Waals surface area (Å²) in [6.07, 6.45) is -16.6. The van der Waals surface area contributed by atoms with E-state index >= 15 is 0 Å². The van der Waals surface area contributed by atoms with Gasteiger partial charge < -0.3 is 94.9 Å². The number of carboxylic acids is 1. The van der Waals surface area contributed by atoms with Crippen molar-refractivity contribution in [2.75, 3.05) is 39.6 Å². The maximum atomic E-state index is 13.0. The highest BCUT2D eigenvalue weighted by Gasteiger charge is 2.54. The van der Waals surface area contributed by atoms with Crippen molar-refractivity contribution in [2.45, 2.75) is 182 Å². The van der Waals surface area contributed by atoms with Crippen molar-refractivity contribution in [1.29, 1.82) is 0 Å². The third-order valence-corrected chi connectivity index (χ3v) is 13.3. The number of rotatable bonds is 32. The first-order chi connectivity index (χ1) is 36.4. The van der Waals surface area contributed by atoms with Gasteiger partial charge >= 0.3 is 5.97 Å². The predicted molar refractivity (Wildman–Crippen MR) is 264 cm³/mol. The molecule has 2 aromatic rings. The summed E-state index contributed by atoms with van der Waals surface area (Å²) in [7, 11) is 0. The fourth-order valence-corrected chi connectivity index (χ4v) is 9.02. The Labute approximate surface area is 440 Å². The molecule has 3 saturated heterocycles. The van der Waals surface area contributed by atoms with E-state index in [-0.39, 0.29) is 43.5 Å². The first-order valence-electron chi connectivity index (χ1n) is 25.9. The van der Waals surface area contributed by atoms with E-state index in [4.69, 9.17) is 38.3 Å². The van der Waals surface area contributed by atoms with Crippen molar-refractivity contribution < 1.29 is 108 Å². The van der Waals surface area contributed by atoms with Gasteiger partial charge in [0.15, 0.2) is 30.4 Å². The third-order valence-electron chi connectivity index (χ3n) is 13.3. The molecule has 24 nitrogen and oxygen atoms in total. The Balaban J connectivity index is 1.02. The summed E-state index contributed by atoms with van der Waals surface area (Å²) in [5, 5.41) is 109.